The van der Waals surface area contributed by atoms with Crippen molar-refractivity contribution in [2.45, 2.75) is 58.5 Å². The fraction of sp³-hybridized carbons (Fsp3) is 0.378. The van der Waals surface area contributed by atoms with Crippen molar-refractivity contribution in [1.82, 2.24) is 14.7 Å². The highest BCUT2D eigenvalue weighted by atomic mass is 19.4. The zero-order valence-electron chi connectivity index (χ0n) is 28.4. The van der Waals surface area contributed by atoms with Crippen molar-refractivity contribution < 1.29 is 32.2 Å². The molecule has 0 saturated carbocycles. The number of nitrogens with zero attached hydrogens (tertiary/aromatic N) is 3. The number of piperidine rings is 1. The number of aromatic nitrogens is 2. The number of benzene rings is 3. The van der Waals surface area contributed by atoms with Crippen LogP contribution in [-0.4, -0.2) is 59.6 Å². The van der Waals surface area contributed by atoms with Gasteiger partial charge in [-0.15, -0.1) is 0 Å². The van der Waals surface area contributed by atoms with E-state index in [1.807, 2.05) is 61.5 Å². The van der Waals surface area contributed by atoms with Gasteiger partial charge in [0.25, 0.3) is 5.91 Å². The second-order valence-electron chi connectivity index (χ2n) is 13.4. The highest BCUT2D eigenvalue weighted by Gasteiger charge is 2.31. The first kappa shape index (κ1) is 35.3. The van der Waals surface area contributed by atoms with E-state index in [1.54, 1.807) is 9.58 Å². The molecule has 0 spiro atoms. The Labute approximate surface area is 284 Å². The smallest absolute Gasteiger partial charge is 0.422 e. The summed E-state index contributed by atoms with van der Waals surface area (Å²) in [6.07, 6.45) is -2.36. The minimum Gasteiger partial charge on any atom is -0.497 e. The molecule has 2 N–H and O–H groups in total. The summed E-state index contributed by atoms with van der Waals surface area (Å²) in [7, 11) is 1.42. The Morgan fingerprint density at radius 2 is 1.65 bits per heavy atom. The van der Waals surface area contributed by atoms with Gasteiger partial charge in [0.05, 0.1) is 24.1 Å². The number of anilines is 2. The molecular weight excluding hydrogens is 635 g/mol. The maximum absolute atomic E-state index is 13.4. The van der Waals surface area contributed by atoms with Gasteiger partial charge in [-0.1, -0.05) is 50.6 Å². The first-order chi connectivity index (χ1) is 23.2. The lowest BCUT2D eigenvalue weighted by atomic mass is 9.89. The van der Waals surface area contributed by atoms with Gasteiger partial charge in [-0.2, -0.15) is 18.3 Å². The van der Waals surface area contributed by atoms with E-state index in [-0.39, 0.29) is 22.6 Å². The molecule has 260 valence electrons. The minimum atomic E-state index is -4.53. The predicted octanol–water partition coefficient (Wildman–Crippen LogP) is 8.17. The van der Waals surface area contributed by atoms with Crippen molar-refractivity contribution in [2.24, 2.45) is 5.92 Å². The number of nitrogens with one attached hydrogen (secondary N) is 2. The molecule has 2 heterocycles. The molecule has 49 heavy (non-hydrogen) atoms. The van der Waals surface area contributed by atoms with E-state index in [0.29, 0.717) is 43.2 Å². The van der Waals surface area contributed by atoms with Crippen LogP contribution in [0, 0.1) is 12.8 Å². The van der Waals surface area contributed by atoms with E-state index < -0.39 is 24.7 Å². The Morgan fingerprint density at radius 3 is 2.31 bits per heavy atom. The van der Waals surface area contributed by atoms with Gasteiger partial charge in [-0.25, -0.2) is 9.48 Å². The van der Waals surface area contributed by atoms with Crippen LogP contribution in [0.25, 0.3) is 5.69 Å². The highest BCUT2D eigenvalue weighted by Crippen LogP contribution is 2.31. The Balaban J connectivity index is 1.20. The number of amides is 3. The normalized spacial score (nSPS) is 14.0. The highest BCUT2D eigenvalue weighted by molar-refractivity contribution is 5.99. The van der Waals surface area contributed by atoms with Gasteiger partial charge in [-0.05, 0) is 80.1 Å². The third kappa shape index (κ3) is 9.33. The molecule has 0 bridgehead atoms. The molecule has 0 unspecified atom stereocenters. The molecule has 0 atom stereocenters. The number of aryl methyl sites for hydroxylation is 1. The molecule has 12 heteroatoms. The van der Waals surface area contributed by atoms with Crippen LogP contribution < -0.4 is 20.1 Å². The van der Waals surface area contributed by atoms with E-state index >= 15 is 0 Å². The molecule has 4 aromatic rings. The summed E-state index contributed by atoms with van der Waals surface area (Å²) in [5.41, 5.74) is 4.31. The summed E-state index contributed by atoms with van der Waals surface area (Å²) in [5.74, 6) is 0.653. The molecule has 1 aliphatic rings. The zero-order valence-corrected chi connectivity index (χ0v) is 28.4. The standard InChI is InChI=1S/C37H42F3N5O4/c1-24-9-11-28(12-10-24)45-33(22-32(43-45)36(2,3)4)42-35(47)41-27-8-6-7-26(20-27)19-25-15-17-44(18-16-25)34(46)30-21-29(48-5)13-14-31(30)49-23-37(38,39)40/h6-14,20-22,25H,15-19,23H2,1-5H3,(H2,41,42,47). The molecule has 5 rings (SSSR count). The monoisotopic (exact) mass is 677 g/mol. The van der Waals surface area contributed by atoms with E-state index in [4.69, 9.17) is 14.6 Å². The lowest BCUT2D eigenvalue weighted by Gasteiger charge is -2.32. The second-order valence-corrected chi connectivity index (χ2v) is 13.4. The van der Waals surface area contributed by atoms with Crippen LogP contribution >= 0.6 is 0 Å². The molecule has 3 amide bonds. The molecular formula is C37H42F3N5O4. The van der Waals surface area contributed by atoms with Gasteiger partial charge in [0.1, 0.15) is 17.3 Å². The van der Waals surface area contributed by atoms with E-state index in [2.05, 4.69) is 31.4 Å². The lowest BCUT2D eigenvalue weighted by Crippen LogP contribution is -2.39. The number of carbonyl (C=O) groups excluding carboxylic acids is 2. The van der Waals surface area contributed by atoms with E-state index in [1.165, 1.54) is 25.3 Å². The topological polar surface area (TPSA) is 97.7 Å². The van der Waals surface area contributed by atoms with Crippen LogP contribution in [0.5, 0.6) is 11.5 Å². The van der Waals surface area contributed by atoms with E-state index in [0.717, 1.165) is 28.9 Å². The van der Waals surface area contributed by atoms with Gasteiger partial charge < -0.3 is 19.7 Å². The largest absolute Gasteiger partial charge is 0.497 e. The molecule has 0 aliphatic carbocycles. The van der Waals surface area contributed by atoms with Crippen LogP contribution in [0.4, 0.5) is 29.5 Å². The van der Waals surface area contributed by atoms with Crippen molar-refractivity contribution in [1.29, 1.82) is 0 Å². The number of rotatable bonds is 9. The van der Waals surface area contributed by atoms with Crippen LogP contribution in [0.1, 0.15) is 60.8 Å². The maximum Gasteiger partial charge on any atom is 0.422 e. The first-order valence-corrected chi connectivity index (χ1v) is 16.2. The first-order valence-electron chi connectivity index (χ1n) is 16.2. The number of hydrogen-bond acceptors (Lipinski definition) is 5. The summed E-state index contributed by atoms with van der Waals surface area (Å²) in [4.78, 5) is 28.2. The fourth-order valence-corrected chi connectivity index (χ4v) is 5.71. The summed E-state index contributed by atoms with van der Waals surface area (Å²) in [6, 6.07) is 21.3. The third-order valence-electron chi connectivity index (χ3n) is 8.42. The number of ether oxygens (including phenoxy) is 2. The average Bonchev–Trinajstić information content (AvgIpc) is 3.48. The number of urea groups is 1. The Hall–Kier alpha value is -5.00. The number of hydrogen-bond donors (Lipinski definition) is 2. The van der Waals surface area contributed by atoms with Gasteiger partial charge >= 0.3 is 12.2 Å². The van der Waals surface area contributed by atoms with Crippen LogP contribution in [0.15, 0.2) is 72.8 Å². The molecule has 9 nitrogen and oxygen atoms in total. The third-order valence-corrected chi connectivity index (χ3v) is 8.42. The summed E-state index contributed by atoms with van der Waals surface area (Å²) in [5, 5.41) is 10.7. The lowest BCUT2D eigenvalue weighted by molar-refractivity contribution is -0.153. The zero-order chi connectivity index (χ0) is 35.3. The van der Waals surface area contributed by atoms with Crippen molar-refractivity contribution in [3.63, 3.8) is 0 Å². The minimum absolute atomic E-state index is 0.0376. The van der Waals surface area contributed by atoms with Crippen molar-refractivity contribution >= 4 is 23.4 Å². The summed E-state index contributed by atoms with van der Waals surface area (Å²) < 4.78 is 50.4. The Bertz CT molecular complexity index is 1770. The van der Waals surface area contributed by atoms with Gasteiger partial charge in [0.15, 0.2) is 6.61 Å². The number of methoxy groups -OCH3 is 1. The number of likely N-dealkylation sites (tertiary alicyclic amines) is 1. The molecule has 3 aromatic carbocycles. The molecule has 1 fully saturated rings. The molecule has 0 radical (unpaired) electrons. The van der Waals surface area contributed by atoms with Gasteiger partial charge in [0.2, 0.25) is 0 Å². The van der Waals surface area contributed by atoms with Crippen LogP contribution in [-0.2, 0) is 11.8 Å². The Kier molecular flexibility index (Phi) is 10.5. The molecule has 1 aromatic heterocycles. The number of halogens is 3. The summed E-state index contributed by atoms with van der Waals surface area (Å²) in [6.45, 7) is 7.63. The van der Waals surface area contributed by atoms with Crippen LogP contribution in [0.3, 0.4) is 0 Å². The number of alkyl halides is 3. The SMILES string of the molecule is COc1ccc(OCC(F)(F)F)c(C(=O)N2CCC(Cc3cccc(NC(=O)Nc4cc(C(C)(C)C)nn4-c4ccc(C)cc4)c3)CC2)c1. The number of carbonyl (C=O) groups is 2. The van der Waals surface area contributed by atoms with Gasteiger partial charge in [-0.3, -0.25) is 10.1 Å². The van der Waals surface area contributed by atoms with Crippen molar-refractivity contribution in [3.05, 3.63) is 95.2 Å². The quantitative estimate of drug-likeness (QED) is 0.186. The molecule has 1 saturated heterocycles. The average molecular weight is 678 g/mol. The maximum atomic E-state index is 13.4. The fourth-order valence-electron chi connectivity index (χ4n) is 5.71. The van der Waals surface area contributed by atoms with Crippen molar-refractivity contribution in [3.8, 4) is 17.2 Å². The second kappa shape index (κ2) is 14.6. The van der Waals surface area contributed by atoms with Crippen molar-refractivity contribution in [2.75, 3.05) is 37.4 Å². The van der Waals surface area contributed by atoms with Gasteiger partial charge in [0, 0.05) is 30.3 Å². The van der Waals surface area contributed by atoms with E-state index in [9.17, 15) is 22.8 Å². The Morgan fingerprint density at radius 1 is 0.939 bits per heavy atom. The summed E-state index contributed by atoms with van der Waals surface area (Å²) >= 11 is 0. The van der Waals surface area contributed by atoms with Crippen LogP contribution in [0.2, 0.25) is 0 Å². The molecule has 1 aliphatic heterocycles. The predicted molar refractivity (Wildman–Crippen MR) is 183 cm³/mol.